The van der Waals surface area contributed by atoms with E-state index in [1.54, 1.807) is 0 Å². The Balaban J connectivity index is 1.39. The van der Waals surface area contributed by atoms with E-state index in [4.69, 9.17) is 21.4 Å². The molecule has 1 saturated heterocycles. The molecule has 0 spiro atoms. The van der Waals surface area contributed by atoms with Gasteiger partial charge in [0.2, 0.25) is 0 Å². The number of likely N-dealkylation sites (tertiary alicyclic amines) is 1. The van der Waals surface area contributed by atoms with Crippen molar-refractivity contribution in [2.75, 3.05) is 31.6 Å². The average Bonchev–Trinajstić information content (AvgIpc) is 3.03. The highest BCUT2D eigenvalue weighted by Crippen LogP contribution is 2.19. The first-order valence-electron chi connectivity index (χ1n) is 8.30. The maximum absolute atomic E-state index is 9.03. The minimum Gasteiger partial charge on any atom is -0.492 e. The zero-order chi connectivity index (χ0) is 16.8. The molecule has 4 nitrogen and oxygen atoms in total. The number of aliphatic hydroxyl groups is 1. The van der Waals surface area contributed by atoms with Gasteiger partial charge in [0.15, 0.2) is 0 Å². The molecule has 0 amide bonds. The number of hydrogen-bond donors (Lipinski definition) is 2. The van der Waals surface area contributed by atoms with E-state index in [1.807, 2.05) is 48.5 Å². The van der Waals surface area contributed by atoms with E-state index in [0.29, 0.717) is 12.6 Å². The van der Waals surface area contributed by atoms with Crippen LogP contribution in [-0.4, -0.2) is 42.3 Å². The largest absolute Gasteiger partial charge is 0.492 e. The lowest BCUT2D eigenvalue weighted by atomic mass is 10.2. The van der Waals surface area contributed by atoms with Crippen LogP contribution in [0.3, 0.4) is 0 Å². The smallest absolute Gasteiger partial charge is 0.119 e. The molecule has 0 aliphatic carbocycles. The van der Waals surface area contributed by atoms with Gasteiger partial charge in [-0.15, -0.1) is 0 Å². The van der Waals surface area contributed by atoms with E-state index in [2.05, 4.69) is 10.2 Å². The number of rotatable bonds is 7. The van der Waals surface area contributed by atoms with Crippen LogP contribution in [0.25, 0.3) is 0 Å². The molecule has 2 aromatic rings. The van der Waals surface area contributed by atoms with Gasteiger partial charge in [-0.2, -0.15) is 0 Å². The summed E-state index contributed by atoms with van der Waals surface area (Å²) in [6.45, 7) is 3.73. The topological polar surface area (TPSA) is 44.7 Å². The van der Waals surface area contributed by atoms with Crippen LogP contribution in [0.15, 0.2) is 48.5 Å². The number of nitrogens with zero attached hydrogens (tertiary/aromatic N) is 1. The second kappa shape index (κ2) is 8.38. The fourth-order valence-corrected chi connectivity index (χ4v) is 3.14. The van der Waals surface area contributed by atoms with Gasteiger partial charge < -0.3 is 15.2 Å². The van der Waals surface area contributed by atoms with Gasteiger partial charge >= 0.3 is 0 Å². The summed E-state index contributed by atoms with van der Waals surface area (Å²) in [5.74, 6) is 0.847. The predicted molar refractivity (Wildman–Crippen MR) is 97.8 cm³/mol. The van der Waals surface area contributed by atoms with Gasteiger partial charge in [-0.3, -0.25) is 4.90 Å². The van der Waals surface area contributed by atoms with Crippen molar-refractivity contribution in [3.8, 4) is 5.75 Å². The van der Waals surface area contributed by atoms with Crippen LogP contribution in [0.4, 0.5) is 5.69 Å². The van der Waals surface area contributed by atoms with Crippen molar-refractivity contribution < 1.29 is 9.84 Å². The van der Waals surface area contributed by atoms with Gasteiger partial charge in [0.1, 0.15) is 12.4 Å². The highest BCUT2D eigenvalue weighted by atomic mass is 35.5. The number of aliphatic hydroxyl groups excluding tert-OH is 1. The van der Waals surface area contributed by atoms with Crippen molar-refractivity contribution >= 4 is 17.3 Å². The zero-order valence-corrected chi connectivity index (χ0v) is 14.4. The molecule has 2 N–H and O–H groups in total. The Bertz CT molecular complexity index is 648. The summed E-state index contributed by atoms with van der Waals surface area (Å²) in [6, 6.07) is 15.9. The standard InChI is InChI=1S/C19H23ClN2O2/c20-16-2-1-3-17(12-16)21-18-8-9-22(13-18)10-11-24-19-6-4-15(14-23)5-7-19/h1-7,12,18,21,23H,8-11,13-14H2. The van der Waals surface area contributed by atoms with E-state index < -0.39 is 0 Å². The van der Waals surface area contributed by atoms with Crippen molar-refractivity contribution in [2.24, 2.45) is 0 Å². The van der Waals surface area contributed by atoms with Crippen LogP contribution in [0, 0.1) is 0 Å². The number of anilines is 1. The number of hydrogen-bond acceptors (Lipinski definition) is 4. The Hall–Kier alpha value is -1.75. The molecule has 1 aliphatic heterocycles. The Morgan fingerprint density at radius 1 is 1.21 bits per heavy atom. The predicted octanol–water partition coefficient (Wildman–Crippen LogP) is 3.40. The Morgan fingerprint density at radius 3 is 2.79 bits per heavy atom. The third kappa shape index (κ3) is 4.87. The summed E-state index contributed by atoms with van der Waals surface area (Å²) in [7, 11) is 0. The molecule has 1 fully saturated rings. The second-order valence-electron chi connectivity index (χ2n) is 6.09. The fraction of sp³-hybridized carbons (Fsp3) is 0.368. The minimum atomic E-state index is 0.0646. The number of benzene rings is 2. The minimum absolute atomic E-state index is 0.0646. The van der Waals surface area contributed by atoms with Crippen molar-refractivity contribution in [1.82, 2.24) is 4.90 Å². The summed E-state index contributed by atoms with van der Waals surface area (Å²) >= 11 is 6.02. The normalized spacial score (nSPS) is 17.8. The van der Waals surface area contributed by atoms with Crippen LogP contribution in [0.1, 0.15) is 12.0 Å². The fourth-order valence-electron chi connectivity index (χ4n) is 2.95. The van der Waals surface area contributed by atoms with Crippen LogP contribution >= 0.6 is 11.6 Å². The van der Waals surface area contributed by atoms with E-state index in [-0.39, 0.29) is 6.61 Å². The lowest BCUT2D eigenvalue weighted by molar-refractivity contribution is 0.236. The molecule has 0 aromatic heterocycles. The van der Waals surface area contributed by atoms with Gasteiger partial charge in [-0.1, -0.05) is 29.8 Å². The van der Waals surface area contributed by atoms with E-state index in [1.165, 1.54) is 0 Å². The number of ether oxygens (including phenoxy) is 1. The molecule has 1 aliphatic rings. The molecule has 1 heterocycles. The summed E-state index contributed by atoms with van der Waals surface area (Å²) in [4.78, 5) is 2.41. The number of nitrogens with one attached hydrogen (secondary N) is 1. The zero-order valence-electron chi connectivity index (χ0n) is 13.6. The first kappa shape index (κ1) is 17.1. The summed E-state index contributed by atoms with van der Waals surface area (Å²) in [5, 5.41) is 13.3. The Kier molecular flexibility index (Phi) is 5.96. The number of halogens is 1. The molecule has 24 heavy (non-hydrogen) atoms. The molecule has 1 atom stereocenters. The molecule has 1 unspecified atom stereocenters. The van der Waals surface area contributed by atoms with Gasteiger partial charge in [0.25, 0.3) is 0 Å². The Labute approximate surface area is 148 Å². The molecular formula is C19H23ClN2O2. The Morgan fingerprint density at radius 2 is 2.04 bits per heavy atom. The third-order valence-corrected chi connectivity index (χ3v) is 4.49. The van der Waals surface area contributed by atoms with Crippen molar-refractivity contribution in [2.45, 2.75) is 19.1 Å². The van der Waals surface area contributed by atoms with Gasteiger partial charge in [-0.05, 0) is 42.3 Å². The quantitative estimate of drug-likeness (QED) is 0.806. The highest BCUT2D eigenvalue weighted by Gasteiger charge is 2.21. The molecule has 2 aromatic carbocycles. The molecule has 3 rings (SSSR count). The first-order chi connectivity index (χ1) is 11.7. The van der Waals surface area contributed by atoms with Crippen LogP contribution in [0.5, 0.6) is 5.75 Å². The third-order valence-electron chi connectivity index (χ3n) is 4.25. The van der Waals surface area contributed by atoms with Crippen LogP contribution in [-0.2, 0) is 6.61 Å². The van der Waals surface area contributed by atoms with Crippen molar-refractivity contribution in [3.05, 3.63) is 59.1 Å². The monoisotopic (exact) mass is 346 g/mol. The van der Waals surface area contributed by atoms with Crippen LogP contribution in [0.2, 0.25) is 5.02 Å². The molecule has 5 heteroatoms. The highest BCUT2D eigenvalue weighted by molar-refractivity contribution is 6.30. The van der Waals surface area contributed by atoms with E-state index in [0.717, 1.165) is 48.1 Å². The van der Waals surface area contributed by atoms with Gasteiger partial charge in [0.05, 0.1) is 6.61 Å². The maximum Gasteiger partial charge on any atom is 0.119 e. The van der Waals surface area contributed by atoms with E-state index >= 15 is 0 Å². The lowest BCUT2D eigenvalue weighted by Crippen LogP contribution is -2.29. The van der Waals surface area contributed by atoms with Gasteiger partial charge in [-0.25, -0.2) is 0 Å². The molecule has 0 bridgehead atoms. The van der Waals surface area contributed by atoms with Gasteiger partial charge in [0, 0.05) is 36.4 Å². The lowest BCUT2D eigenvalue weighted by Gasteiger charge is -2.18. The average molecular weight is 347 g/mol. The van der Waals surface area contributed by atoms with E-state index in [9.17, 15) is 0 Å². The maximum atomic E-state index is 9.03. The molecule has 128 valence electrons. The van der Waals surface area contributed by atoms with Crippen LogP contribution < -0.4 is 10.1 Å². The summed E-state index contributed by atoms with van der Waals surface area (Å²) < 4.78 is 5.78. The first-order valence-corrected chi connectivity index (χ1v) is 8.68. The van der Waals surface area contributed by atoms with Crippen molar-refractivity contribution in [1.29, 1.82) is 0 Å². The second-order valence-corrected chi connectivity index (χ2v) is 6.53. The molecular weight excluding hydrogens is 324 g/mol. The summed E-state index contributed by atoms with van der Waals surface area (Å²) in [5.41, 5.74) is 1.98. The SMILES string of the molecule is OCc1ccc(OCCN2CCC(Nc3cccc(Cl)c3)C2)cc1. The molecule has 0 radical (unpaired) electrons. The molecule has 0 saturated carbocycles. The van der Waals surface area contributed by atoms with Crippen molar-refractivity contribution in [3.63, 3.8) is 0 Å². The summed E-state index contributed by atoms with van der Waals surface area (Å²) in [6.07, 6.45) is 1.12.